The van der Waals surface area contributed by atoms with Crippen LogP contribution in [0.5, 0.6) is 0 Å². The molecule has 6 heterocycles. The highest BCUT2D eigenvalue weighted by atomic mass is 16.5. The molecule has 85 heavy (non-hydrogen) atoms. The van der Waals surface area contributed by atoms with Crippen LogP contribution in [0.15, 0.2) is 110 Å². The summed E-state index contributed by atoms with van der Waals surface area (Å²) >= 11 is 0. The third-order valence-corrected chi connectivity index (χ3v) is 15.5. The summed E-state index contributed by atoms with van der Waals surface area (Å²) in [5, 5.41) is 23.9. The van der Waals surface area contributed by atoms with Crippen LogP contribution in [0.25, 0.3) is 22.5 Å². The fraction of sp³-hybridized carbons (Fsp3) is 0.429. The zero-order chi connectivity index (χ0) is 61.0. The normalized spacial score (nSPS) is 16.9. The third kappa shape index (κ3) is 16.5. The minimum absolute atomic E-state index is 0.00750. The van der Waals surface area contributed by atoms with Crippen LogP contribution in [0.2, 0.25) is 0 Å². The molecule has 2 fully saturated rings. The van der Waals surface area contributed by atoms with Crippen LogP contribution in [-0.2, 0) is 43.1 Å². The summed E-state index contributed by atoms with van der Waals surface area (Å²) < 4.78 is 17.2. The Hall–Kier alpha value is -8.92. The number of hydrogen-bond acceptors (Lipinski definition) is 17. The number of benzene rings is 2. The summed E-state index contributed by atoms with van der Waals surface area (Å²) in [4.78, 5) is 65.2. The molecule has 0 unspecified atom stereocenters. The van der Waals surface area contributed by atoms with Gasteiger partial charge in [-0.3, -0.25) is 37.9 Å². The fourth-order valence-corrected chi connectivity index (χ4v) is 10.4. The van der Waals surface area contributed by atoms with Crippen molar-refractivity contribution in [1.82, 2.24) is 59.1 Å². The number of ketones is 1. The Labute approximate surface area is 496 Å². The molecule has 2 aliphatic rings. The molecule has 1 amide bonds. The van der Waals surface area contributed by atoms with Crippen molar-refractivity contribution in [3.8, 4) is 22.5 Å². The van der Waals surface area contributed by atoms with E-state index < -0.39 is 5.91 Å². The molecule has 0 bridgehead atoms. The van der Waals surface area contributed by atoms with Gasteiger partial charge < -0.3 is 31.6 Å². The van der Waals surface area contributed by atoms with Gasteiger partial charge in [0.1, 0.15) is 0 Å². The van der Waals surface area contributed by atoms with Crippen molar-refractivity contribution in [1.29, 1.82) is 0 Å². The van der Waals surface area contributed by atoms with Gasteiger partial charge in [0, 0.05) is 61.3 Å². The van der Waals surface area contributed by atoms with Crippen LogP contribution >= 0.6 is 0 Å². The van der Waals surface area contributed by atoms with Gasteiger partial charge in [-0.1, -0.05) is 24.3 Å². The number of rotatable bonds is 16. The van der Waals surface area contributed by atoms with Crippen molar-refractivity contribution in [2.24, 2.45) is 23.3 Å². The van der Waals surface area contributed by atoms with E-state index in [0.29, 0.717) is 42.4 Å². The summed E-state index contributed by atoms with van der Waals surface area (Å²) in [5.74, 6) is 0.438. The molecule has 2 saturated carbocycles. The van der Waals surface area contributed by atoms with Crippen LogP contribution in [0.1, 0.15) is 154 Å². The second-order valence-electron chi connectivity index (χ2n) is 23.7. The first-order chi connectivity index (χ1) is 40.6. The molecule has 0 spiro atoms. The number of aryl methyl sites for hydroxylation is 3. The maximum Gasteiger partial charge on any atom is 0.308 e. The van der Waals surface area contributed by atoms with Crippen LogP contribution < -0.4 is 22.1 Å². The number of amides is 1. The van der Waals surface area contributed by atoms with Crippen molar-refractivity contribution in [3.05, 3.63) is 144 Å². The number of ether oxygens (including phenoxy) is 2. The Bertz CT molecular complexity index is 3570. The molecule has 0 atom stereocenters. The molecule has 0 aliphatic heterocycles. The van der Waals surface area contributed by atoms with E-state index in [9.17, 15) is 19.2 Å². The zero-order valence-electron chi connectivity index (χ0n) is 50.5. The van der Waals surface area contributed by atoms with Gasteiger partial charge in [0.2, 0.25) is 11.9 Å². The lowest BCUT2D eigenvalue weighted by Crippen LogP contribution is -2.24. The van der Waals surface area contributed by atoms with E-state index in [1.807, 2.05) is 83.7 Å². The Balaban J connectivity index is 0.000000191. The monoisotopic (exact) mass is 1160 g/mol. The first-order valence-corrected chi connectivity index (χ1v) is 28.9. The minimum atomic E-state index is -0.439. The predicted molar refractivity (Wildman–Crippen MR) is 325 cm³/mol. The summed E-state index contributed by atoms with van der Waals surface area (Å²) in [6.07, 6.45) is 25.6. The van der Waals surface area contributed by atoms with Crippen LogP contribution in [0.4, 0.5) is 23.3 Å². The number of primary amides is 1. The molecule has 2 aromatic carbocycles. The standard InChI is InChI=1S/C32H39N7O3.C23H28N6O2.C8H13N3O/c1-21-16-24(7-6-22(21)10-13-29(40)25-17-35-39(19-25)32(2,3)4)28-14-15-33-31(37-28)36-26-18-34-38(20-26)27-11-8-23(9-12-27)30(41)42-5;1-15-11-17(3-4-18(15)12-24)21-9-10-25-23(28-21)27-19-13-26-29(14-19)20-7-5-16(6-8-20)22(30)31-2;1-8(2,3)11-5-6(4-10-11)7(9)12/h6-7,14-20,23,27H,8-13H2,1-5H3,(H,33,36,37);3-4,9-11,13-14,16,20H,5-8,12,24H2,1-2H3,(H,25,27,28);4-5H,1-3H3,(H2,9,12). The van der Waals surface area contributed by atoms with Crippen LogP contribution in [0, 0.1) is 25.7 Å². The van der Waals surface area contributed by atoms with E-state index in [2.05, 4.69) is 98.8 Å². The zero-order valence-corrected chi connectivity index (χ0v) is 50.5. The summed E-state index contributed by atoms with van der Waals surface area (Å²) in [5.41, 5.74) is 21.5. The molecule has 8 aromatic rings. The molecule has 6 N–H and O–H groups in total. The maximum absolute atomic E-state index is 12.8. The first kappa shape index (κ1) is 62.1. The van der Waals surface area contributed by atoms with Gasteiger partial charge in [0.15, 0.2) is 5.78 Å². The number of carbonyl (C=O) groups is 4. The van der Waals surface area contributed by atoms with Crippen molar-refractivity contribution >= 4 is 46.9 Å². The lowest BCUT2D eigenvalue weighted by molar-refractivity contribution is -0.147. The number of hydrogen-bond donors (Lipinski definition) is 4. The lowest BCUT2D eigenvalue weighted by atomic mass is 9.86. The predicted octanol–water partition coefficient (Wildman–Crippen LogP) is 10.6. The lowest BCUT2D eigenvalue weighted by Gasteiger charge is -2.26. The summed E-state index contributed by atoms with van der Waals surface area (Å²) in [7, 11) is 2.90. The topological polar surface area (TPSA) is 286 Å². The molecule has 22 heteroatoms. The number of esters is 2. The molecule has 448 valence electrons. The van der Waals surface area contributed by atoms with E-state index in [0.717, 1.165) is 108 Å². The van der Waals surface area contributed by atoms with E-state index in [4.69, 9.17) is 25.9 Å². The smallest absolute Gasteiger partial charge is 0.308 e. The average molecular weight is 1160 g/mol. The Kier molecular flexibility index (Phi) is 20.2. The number of nitrogens with zero attached hydrogens (tertiary/aromatic N) is 12. The van der Waals surface area contributed by atoms with Gasteiger partial charge in [0.25, 0.3) is 5.91 Å². The summed E-state index contributed by atoms with van der Waals surface area (Å²) in [6.45, 7) is 16.8. The maximum atomic E-state index is 12.8. The molecule has 10 rings (SSSR count). The second-order valence-corrected chi connectivity index (χ2v) is 23.7. The van der Waals surface area contributed by atoms with Crippen molar-refractivity contribution in [2.45, 2.75) is 149 Å². The van der Waals surface area contributed by atoms with Crippen molar-refractivity contribution in [2.75, 3.05) is 24.9 Å². The van der Waals surface area contributed by atoms with Crippen LogP contribution in [-0.4, -0.2) is 96.9 Å². The highest BCUT2D eigenvalue weighted by Crippen LogP contribution is 2.35. The molecular weight excluding hydrogens is 1080 g/mol. The van der Waals surface area contributed by atoms with Crippen molar-refractivity contribution < 1.29 is 28.7 Å². The average Bonchev–Trinajstić information content (AvgIpc) is 4.50. The van der Waals surface area contributed by atoms with Crippen molar-refractivity contribution in [3.63, 3.8) is 0 Å². The Morgan fingerprint density at radius 3 is 1.40 bits per heavy atom. The number of carbonyl (C=O) groups excluding carboxylic acids is 4. The molecular formula is C63H80N16O6. The highest BCUT2D eigenvalue weighted by Gasteiger charge is 2.30. The first-order valence-electron chi connectivity index (χ1n) is 28.9. The van der Waals surface area contributed by atoms with Gasteiger partial charge >= 0.3 is 11.9 Å². The number of Topliss-reactive ketones (excluding diaryl/α,β-unsaturated/α-hetero) is 1. The molecule has 22 nitrogen and oxygen atoms in total. The van der Waals surface area contributed by atoms with Gasteiger partial charge in [-0.05, 0) is 160 Å². The Morgan fingerprint density at radius 2 is 1.01 bits per heavy atom. The van der Waals surface area contributed by atoms with Crippen LogP contribution in [0.3, 0.4) is 0 Å². The summed E-state index contributed by atoms with van der Waals surface area (Å²) in [6, 6.07) is 16.7. The second kappa shape index (κ2) is 27.6. The van der Waals surface area contributed by atoms with Gasteiger partial charge in [0.05, 0.1) is 108 Å². The van der Waals surface area contributed by atoms with E-state index in [1.165, 1.54) is 20.4 Å². The molecule has 0 saturated heterocycles. The van der Waals surface area contributed by atoms with Gasteiger partial charge in [-0.15, -0.1) is 0 Å². The molecule has 2 aliphatic carbocycles. The third-order valence-electron chi connectivity index (χ3n) is 15.5. The van der Waals surface area contributed by atoms with Gasteiger partial charge in [-0.2, -0.15) is 20.4 Å². The highest BCUT2D eigenvalue weighted by molar-refractivity contribution is 5.95. The molecule has 6 aromatic heterocycles. The fourth-order valence-electron chi connectivity index (χ4n) is 10.4. The van der Waals surface area contributed by atoms with E-state index in [-0.39, 0.29) is 52.7 Å². The van der Waals surface area contributed by atoms with Gasteiger partial charge in [-0.25, -0.2) is 19.9 Å². The Morgan fingerprint density at radius 1 is 0.576 bits per heavy atom. The minimum Gasteiger partial charge on any atom is -0.469 e. The van der Waals surface area contributed by atoms with E-state index in [1.54, 1.807) is 41.9 Å². The number of anilines is 4. The SMILES string of the molecule is CC(C)(C)n1cc(C(N)=O)cn1.COC(=O)C1CCC(n2cc(Nc3nccc(-c4ccc(CCC(=O)c5cnn(C(C)(C)C)c5)c(C)c4)n3)cn2)CC1.COC(=O)C1CCC(n2cc(Nc3nccc(-c4ccc(CN)c(C)c4)n3)cn2)CC1. The van der Waals surface area contributed by atoms with E-state index >= 15 is 0 Å². The molecule has 0 radical (unpaired) electrons. The number of nitrogens with two attached hydrogens (primary N) is 2. The number of aromatic nitrogens is 12. The quantitative estimate of drug-likeness (QED) is 0.0517. The largest absolute Gasteiger partial charge is 0.469 e. The number of nitrogens with one attached hydrogen (secondary N) is 2. The number of methoxy groups -OCH3 is 2.